The molecule has 0 spiro atoms. The quantitative estimate of drug-likeness (QED) is 0.644. The molecule has 126 valence electrons. The summed E-state index contributed by atoms with van der Waals surface area (Å²) in [5, 5.41) is 6.90. The van der Waals surface area contributed by atoms with E-state index in [2.05, 4.69) is 40.7 Å². The zero-order valence-electron chi connectivity index (χ0n) is 14.3. The van der Waals surface area contributed by atoms with E-state index < -0.39 is 0 Å². The van der Waals surface area contributed by atoms with Crippen molar-refractivity contribution in [3.05, 3.63) is 29.3 Å². The van der Waals surface area contributed by atoms with Crippen LogP contribution in [0.4, 0.5) is 0 Å². The number of aliphatic imine (C=N–C) groups is 1. The van der Waals surface area contributed by atoms with Gasteiger partial charge in [0.15, 0.2) is 5.96 Å². The van der Waals surface area contributed by atoms with E-state index in [9.17, 15) is 0 Å². The summed E-state index contributed by atoms with van der Waals surface area (Å²) in [6.45, 7) is 2.90. The lowest BCUT2D eigenvalue weighted by Crippen LogP contribution is -2.47. The highest BCUT2D eigenvalue weighted by Gasteiger charge is 2.41. The van der Waals surface area contributed by atoms with Crippen molar-refractivity contribution in [1.82, 2.24) is 10.6 Å². The van der Waals surface area contributed by atoms with Gasteiger partial charge in [0.25, 0.3) is 0 Å². The highest BCUT2D eigenvalue weighted by molar-refractivity contribution is 5.80. The summed E-state index contributed by atoms with van der Waals surface area (Å²) < 4.78 is 11.3. The Morgan fingerprint density at radius 3 is 2.91 bits per heavy atom. The highest BCUT2D eigenvalue weighted by Crippen LogP contribution is 2.34. The van der Waals surface area contributed by atoms with Crippen LogP contribution >= 0.6 is 0 Å². The predicted octanol–water partition coefficient (Wildman–Crippen LogP) is 2.03. The molecule has 3 atom stereocenters. The van der Waals surface area contributed by atoms with Gasteiger partial charge in [-0.15, -0.1) is 0 Å². The van der Waals surface area contributed by atoms with Crippen molar-refractivity contribution in [1.29, 1.82) is 0 Å². The first-order chi connectivity index (χ1) is 11.2. The second kappa shape index (κ2) is 7.21. The molecule has 0 aliphatic carbocycles. The number of nitrogens with zero attached hydrogens (tertiary/aromatic N) is 1. The fourth-order valence-corrected chi connectivity index (χ4v) is 3.51. The van der Waals surface area contributed by atoms with Crippen LogP contribution in [0.3, 0.4) is 0 Å². The van der Waals surface area contributed by atoms with E-state index in [1.807, 2.05) is 7.05 Å². The van der Waals surface area contributed by atoms with Crippen LogP contribution in [0, 0.1) is 6.92 Å². The number of fused-ring (bicyclic) bond motifs is 2. The molecular weight excluding hydrogens is 290 g/mol. The minimum atomic E-state index is 0.361. The van der Waals surface area contributed by atoms with Crippen molar-refractivity contribution < 1.29 is 9.47 Å². The van der Waals surface area contributed by atoms with Gasteiger partial charge in [0, 0.05) is 13.6 Å². The topological polar surface area (TPSA) is 54.9 Å². The molecule has 23 heavy (non-hydrogen) atoms. The minimum Gasteiger partial charge on any atom is -0.496 e. The first-order valence-corrected chi connectivity index (χ1v) is 8.45. The molecule has 5 nitrogen and oxygen atoms in total. The van der Waals surface area contributed by atoms with Gasteiger partial charge < -0.3 is 20.1 Å². The van der Waals surface area contributed by atoms with Crippen LogP contribution in [-0.4, -0.2) is 44.9 Å². The van der Waals surface area contributed by atoms with Crippen molar-refractivity contribution in [2.45, 2.75) is 50.9 Å². The molecule has 2 aliphatic heterocycles. The molecule has 1 aromatic rings. The van der Waals surface area contributed by atoms with E-state index in [0.717, 1.165) is 36.7 Å². The van der Waals surface area contributed by atoms with Crippen molar-refractivity contribution in [2.75, 3.05) is 20.7 Å². The predicted molar refractivity (Wildman–Crippen MR) is 92.2 cm³/mol. The second-order valence-electron chi connectivity index (χ2n) is 6.41. The second-order valence-corrected chi connectivity index (χ2v) is 6.41. The maximum atomic E-state index is 5.88. The molecule has 2 heterocycles. The monoisotopic (exact) mass is 317 g/mol. The third-order valence-electron chi connectivity index (χ3n) is 4.83. The molecule has 3 rings (SSSR count). The summed E-state index contributed by atoms with van der Waals surface area (Å²) in [5.74, 6) is 1.81. The maximum Gasteiger partial charge on any atom is 0.191 e. The first-order valence-electron chi connectivity index (χ1n) is 8.45. The summed E-state index contributed by atoms with van der Waals surface area (Å²) >= 11 is 0. The summed E-state index contributed by atoms with van der Waals surface area (Å²) in [6, 6.07) is 6.77. The zero-order chi connectivity index (χ0) is 16.2. The molecule has 1 aromatic carbocycles. The van der Waals surface area contributed by atoms with E-state index in [1.165, 1.54) is 18.4 Å². The molecule has 0 amide bonds. The Kier molecular flexibility index (Phi) is 5.06. The van der Waals surface area contributed by atoms with Crippen LogP contribution in [0.5, 0.6) is 5.75 Å². The number of ether oxygens (including phenoxy) is 2. The highest BCUT2D eigenvalue weighted by atomic mass is 16.5. The number of aryl methyl sites for hydroxylation is 1. The van der Waals surface area contributed by atoms with E-state index in [1.54, 1.807) is 7.11 Å². The number of hydrogen-bond donors (Lipinski definition) is 2. The fourth-order valence-electron chi connectivity index (χ4n) is 3.51. The summed E-state index contributed by atoms with van der Waals surface area (Å²) in [5.41, 5.74) is 2.43. The van der Waals surface area contributed by atoms with Gasteiger partial charge in [-0.3, -0.25) is 4.99 Å². The van der Waals surface area contributed by atoms with Gasteiger partial charge in [-0.05, 0) is 49.8 Å². The lowest BCUT2D eigenvalue weighted by atomic mass is 9.96. The van der Waals surface area contributed by atoms with E-state index in [4.69, 9.17) is 9.47 Å². The van der Waals surface area contributed by atoms with E-state index in [0.29, 0.717) is 18.2 Å². The van der Waals surface area contributed by atoms with E-state index >= 15 is 0 Å². The van der Waals surface area contributed by atoms with Crippen LogP contribution < -0.4 is 15.4 Å². The van der Waals surface area contributed by atoms with Gasteiger partial charge >= 0.3 is 0 Å². The van der Waals surface area contributed by atoms with E-state index in [-0.39, 0.29) is 0 Å². The Hall–Kier alpha value is -1.75. The summed E-state index contributed by atoms with van der Waals surface area (Å²) in [4.78, 5) is 4.33. The van der Waals surface area contributed by atoms with Crippen LogP contribution in [0.1, 0.15) is 30.4 Å². The Morgan fingerprint density at radius 1 is 1.39 bits per heavy atom. The van der Waals surface area contributed by atoms with Crippen molar-refractivity contribution in [3.8, 4) is 5.75 Å². The Labute approximate surface area is 138 Å². The fraction of sp³-hybridized carbons (Fsp3) is 0.611. The van der Waals surface area contributed by atoms with Gasteiger partial charge in [-0.25, -0.2) is 0 Å². The third kappa shape index (κ3) is 3.78. The van der Waals surface area contributed by atoms with Crippen LogP contribution in [-0.2, 0) is 11.2 Å². The first kappa shape index (κ1) is 16.1. The molecule has 0 radical (unpaired) electrons. The Bertz CT molecular complexity index is 573. The molecule has 2 bridgehead atoms. The minimum absolute atomic E-state index is 0.361. The molecule has 2 saturated heterocycles. The molecule has 0 saturated carbocycles. The Morgan fingerprint density at radius 2 is 2.26 bits per heavy atom. The number of rotatable bonds is 5. The molecule has 2 N–H and O–H groups in total. The lowest BCUT2D eigenvalue weighted by molar-refractivity contribution is 0.0992. The number of hydrogen-bond acceptors (Lipinski definition) is 3. The Balaban J connectivity index is 1.47. The summed E-state index contributed by atoms with van der Waals surface area (Å²) in [6.07, 6.45) is 5.23. The van der Waals surface area contributed by atoms with Crippen LogP contribution in [0.25, 0.3) is 0 Å². The number of nitrogens with one attached hydrogen (secondary N) is 2. The normalized spacial score (nSPS) is 26.4. The molecule has 3 unspecified atom stereocenters. The standard InChI is InChI=1S/C18H27N3O2/c1-12-4-5-13(10-17(12)22-3)8-9-20-18(19-2)21-15-11-14-6-7-16(15)23-14/h4-5,10,14-16H,6-9,11H2,1-3H3,(H2,19,20,21). The van der Waals surface area contributed by atoms with Crippen molar-refractivity contribution >= 4 is 5.96 Å². The van der Waals surface area contributed by atoms with Gasteiger partial charge in [0.05, 0.1) is 25.4 Å². The molecule has 0 aromatic heterocycles. The smallest absolute Gasteiger partial charge is 0.191 e. The molecule has 2 aliphatic rings. The zero-order valence-corrected chi connectivity index (χ0v) is 14.3. The third-order valence-corrected chi connectivity index (χ3v) is 4.83. The van der Waals surface area contributed by atoms with Crippen molar-refractivity contribution in [3.63, 3.8) is 0 Å². The summed E-state index contributed by atoms with van der Waals surface area (Å²) in [7, 11) is 3.53. The molecule has 2 fully saturated rings. The maximum absolute atomic E-state index is 5.88. The average Bonchev–Trinajstić information content (AvgIpc) is 3.18. The number of methoxy groups -OCH3 is 1. The van der Waals surface area contributed by atoms with Crippen LogP contribution in [0.15, 0.2) is 23.2 Å². The largest absolute Gasteiger partial charge is 0.496 e. The van der Waals surface area contributed by atoms with Gasteiger partial charge in [-0.2, -0.15) is 0 Å². The van der Waals surface area contributed by atoms with Gasteiger partial charge in [0.2, 0.25) is 0 Å². The van der Waals surface area contributed by atoms with Crippen molar-refractivity contribution in [2.24, 2.45) is 4.99 Å². The lowest BCUT2D eigenvalue weighted by Gasteiger charge is -2.22. The van der Waals surface area contributed by atoms with Crippen LogP contribution in [0.2, 0.25) is 0 Å². The molecular formula is C18H27N3O2. The number of guanidine groups is 1. The SMILES string of the molecule is CN=C(NCCc1ccc(C)c(OC)c1)NC1CC2CCC1O2. The number of benzene rings is 1. The average molecular weight is 317 g/mol. The van der Waals surface area contributed by atoms with Gasteiger partial charge in [-0.1, -0.05) is 12.1 Å². The van der Waals surface area contributed by atoms with Gasteiger partial charge in [0.1, 0.15) is 5.75 Å². The molecule has 5 heteroatoms.